The summed E-state index contributed by atoms with van der Waals surface area (Å²) in [5.41, 5.74) is -0.0936. The summed E-state index contributed by atoms with van der Waals surface area (Å²) in [5.74, 6) is -1.43. The molecule has 0 bridgehead atoms. The van der Waals surface area contributed by atoms with Crippen molar-refractivity contribution in [1.29, 1.82) is 0 Å². The van der Waals surface area contributed by atoms with Gasteiger partial charge in [-0.2, -0.15) is 0 Å². The molecule has 0 aliphatic carbocycles. The molecule has 0 amide bonds. The number of thiazole rings is 1. The third kappa shape index (κ3) is 2.01. The first-order chi connectivity index (χ1) is 6.93. The Bertz CT molecular complexity index is 365. The van der Waals surface area contributed by atoms with E-state index in [-0.39, 0.29) is 6.42 Å². The number of carboxylic acids is 1. The highest BCUT2D eigenvalue weighted by Crippen LogP contribution is 2.33. The standard InChI is InChI=1S/C9H13NO4S/c1-3-9(14,8(12)13)7(11)6-5(2)10-4-15-6/h4,7,11,14H,3H2,1-2H3,(H,12,13)/t7-,9?/m0/s1. The van der Waals surface area contributed by atoms with Crippen LogP contribution in [0.5, 0.6) is 0 Å². The first kappa shape index (κ1) is 12.1. The smallest absolute Gasteiger partial charge is 0.338 e. The first-order valence-corrected chi connectivity index (χ1v) is 5.35. The first-order valence-electron chi connectivity index (χ1n) is 4.47. The second-order valence-corrected chi connectivity index (χ2v) is 4.17. The molecule has 3 N–H and O–H groups in total. The van der Waals surface area contributed by atoms with Crippen LogP contribution in [0.4, 0.5) is 0 Å². The van der Waals surface area contributed by atoms with Crippen molar-refractivity contribution < 1.29 is 20.1 Å². The molecule has 0 saturated carbocycles. The van der Waals surface area contributed by atoms with E-state index < -0.39 is 17.7 Å². The van der Waals surface area contributed by atoms with Crippen molar-refractivity contribution in [3.05, 3.63) is 16.1 Å². The normalized spacial score (nSPS) is 17.1. The topological polar surface area (TPSA) is 90.7 Å². The minimum absolute atomic E-state index is 0.0686. The Morgan fingerprint density at radius 1 is 1.73 bits per heavy atom. The Morgan fingerprint density at radius 2 is 2.33 bits per heavy atom. The summed E-state index contributed by atoms with van der Waals surface area (Å²) >= 11 is 1.13. The van der Waals surface area contributed by atoms with E-state index in [2.05, 4.69) is 4.98 Å². The predicted molar refractivity (Wildman–Crippen MR) is 54.7 cm³/mol. The van der Waals surface area contributed by atoms with E-state index in [0.717, 1.165) is 11.3 Å². The average Bonchev–Trinajstić information content (AvgIpc) is 2.61. The molecule has 0 aromatic carbocycles. The van der Waals surface area contributed by atoms with Crippen LogP contribution in [0.1, 0.15) is 30.0 Å². The Kier molecular flexibility index (Phi) is 3.43. The van der Waals surface area contributed by atoms with Crippen molar-refractivity contribution in [1.82, 2.24) is 4.98 Å². The van der Waals surface area contributed by atoms with Crippen molar-refractivity contribution in [3.8, 4) is 0 Å². The number of aliphatic carboxylic acids is 1. The Hall–Kier alpha value is -0.980. The molecule has 0 aliphatic rings. The quantitative estimate of drug-likeness (QED) is 0.710. The maximum atomic E-state index is 10.9. The van der Waals surface area contributed by atoms with Gasteiger partial charge < -0.3 is 15.3 Å². The van der Waals surface area contributed by atoms with E-state index in [1.165, 1.54) is 12.4 Å². The fraction of sp³-hybridized carbons (Fsp3) is 0.556. The SMILES string of the molecule is CCC(O)(C(=O)O)[C@@H](O)c1scnc1C. The van der Waals surface area contributed by atoms with Gasteiger partial charge in [0, 0.05) is 0 Å². The van der Waals surface area contributed by atoms with Gasteiger partial charge in [-0.05, 0) is 13.3 Å². The zero-order chi connectivity index (χ0) is 11.6. The average molecular weight is 231 g/mol. The zero-order valence-corrected chi connectivity index (χ0v) is 9.28. The van der Waals surface area contributed by atoms with Gasteiger partial charge in [0.15, 0.2) is 5.60 Å². The van der Waals surface area contributed by atoms with Crippen LogP contribution in [0.15, 0.2) is 5.51 Å². The number of nitrogens with zero attached hydrogens (tertiary/aromatic N) is 1. The number of aliphatic hydroxyl groups is 2. The van der Waals surface area contributed by atoms with Crippen molar-refractivity contribution in [2.24, 2.45) is 0 Å². The van der Waals surface area contributed by atoms with E-state index in [4.69, 9.17) is 5.11 Å². The molecule has 0 saturated heterocycles. The molecule has 5 nitrogen and oxygen atoms in total. The third-order valence-electron chi connectivity index (χ3n) is 2.39. The van der Waals surface area contributed by atoms with Crippen LogP contribution in [-0.4, -0.2) is 31.9 Å². The molecule has 0 fully saturated rings. The number of carboxylic acid groups (broad SMARTS) is 1. The fourth-order valence-corrected chi connectivity index (χ4v) is 2.12. The van der Waals surface area contributed by atoms with Gasteiger partial charge in [-0.25, -0.2) is 9.78 Å². The lowest BCUT2D eigenvalue weighted by molar-refractivity contribution is -0.172. The lowest BCUT2D eigenvalue weighted by Crippen LogP contribution is -2.43. The number of aliphatic hydroxyl groups excluding tert-OH is 1. The monoisotopic (exact) mass is 231 g/mol. The molecular weight excluding hydrogens is 218 g/mol. The molecule has 1 aromatic heterocycles. The Morgan fingerprint density at radius 3 is 2.67 bits per heavy atom. The lowest BCUT2D eigenvalue weighted by Gasteiger charge is -2.26. The minimum Gasteiger partial charge on any atom is -0.479 e. The molecule has 2 atom stereocenters. The van der Waals surface area contributed by atoms with Crippen LogP contribution < -0.4 is 0 Å². The third-order valence-corrected chi connectivity index (χ3v) is 3.38. The van der Waals surface area contributed by atoms with Crippen LogP contribution in [0.25, 0.3) is 0 Å². The zero-order valence-electron chi connectivity index (χ0n) is 8.47. The van der Waals surface area contributed by atoms with Gasteiger partial charge in [0.1, 0.15) is 6.10 Å². The molecule has 15 heavy (non-hydrogen) atoms. The summed E-state index contributed by atoms with van der Waals surface area (Å²) < 4.78 is 0. The van der Waals surface area contributed by atoms with Crippen LogP contribution in [-0.2, 0) is 4.79 Å². The van der Waals surface area contributed by atoms with Crippen molar-refractivity contribution in [3.63, 3.8) is 0 Å². The highest BCUT2D eigenvalue weighted by molar-refractivity contribution is 7.09. The Labute approximate surface area is 91.0 Å². The summed E-state index contributed by atoms with van der Waals surface area (Å²) in [7, 11) is 0. The van der Waals surface area contributed by atoms with Gasteiger partial charge in [-0.1, -0.05) is 6.92 Å². The van der Waals surface area contributed by atoms with E-state index in [0.29, 0.717) is 10.6 Å². The van der Waals surface area contributed by atoms with E-state index in [9.17, 15) is 15.0 Å². The molecule has 6 heteroatoms. The van der Waals surface area contributed by atoms with Gasteiger partial charge in [0.25, 0.3) is 0 Å². The maximum Gasteiger partial charge on any atom is 0.338 e. The predicted octanol–water partition coefficient (Wildman–Crippen LogP) is 0.711. The van der Waals surface area contributed by atoms with Gasteiger partial charge >= 0.3 is 5.97 Å². The van der Waals surface area contributed by atoms with Gasteiger partial charge in [-0.3, -0.25) is 0 Å². The number of aryl methyl sites for hydroxylation is 1. The molecule has 0 spiro atoms. The van der Waals surface area contributed by atoms with Crippen LogP contribution >= 0.6 is 11.3 Å². The number of hydrogen-bond acceptors (Lipinski definition) is 5. The van der Waals surface area contributed by atoms with Gasteiger partial charge in [0.05, 0.1) is 16.1 Å². The van der Waals surface area contributed by atoms with Gasteiger partial charge in [0.2, 0.25) is 0 Å². The molecule has 0 aliphatic heterocycles. The Balaban J connectivity index is 3.07. The van der Waals surface area contributed by atoms with E-state index >= 15 is 0 Å². The molecule has 0 radical (unpaired) electrons. The number of hydrogen-bond donors (Lipinski definition) is 3. The summed E-state index contributed by atoms with van der Waals surface area (Å²) in [4.78, 5) is 15.2. The molecule has 1 unspecified atom stereocenters. The molecule has 1 aromatic rings. The van der Waals surface area contributed by atoms with Gasteiger partial charge in [-0.15, -0.1) is 11.3 Å². The highest BCUT2D eigenvalue weighted by atomic mass is 32.1. The van der Waals surface area contributed by atoms with E-state index in [1.54, 1.807) is 6.92 Å². The molecular formula is C9H13NO4S. The molecule has 1 heterocycles. The minimum atomic E-state index is -2.14. The highest BCUT2D eigenvalue weighted by Gasteiger charge is 2.44. The van der Waals surface area contributed by atoms with Crippen molar-refractivity contribution in [2.45, 2.75) is 32.0 Å². The second kappa shape index (κ2) is 4.26. The van der Waals surface area contributed by atoms with Crippen molar-refractivity contribution in [2.75, 3.05) is 0 Å². The van der Waals surface area contributed by atoms with Crippen molar-refractivity contribution >= 4 is 17.3 Å². The number of carbonyl (C=O) groups is 1. The lowest BCUT2D eigenvalue weighted by atomic mass is 9.92. The molecule has 84 valence electrons. The number of rotatable bonds is 4. The van der Waals surface area contributed by atoms with Crippen LogP contribution in [0, 0.1) is 6.92 Å². The fourth-order valence-electron chi connectivity index (χ4n) is 1.25. The maximum absolute atomic E-state index is 10.9. The van der Waals surface area contributed by atoms with E-state index in [1.807, 2.05) is 0 Å². The second-order valence-electron chi connectivity index (χ2n) is 3.29. The largest absolute Gasteiger partial charge is 0.479 e. The summed E-state index contributed by atoms with van der Waals surface area (Å²) in [6.07, 6.45) is -1.51. The van der Waals surface area contributed by atoms with Crippen LogP contribution in [0.2, 0.25) is 0 Å². The molecule has 1 rings (SSSR count). The summed E-state index contributed by atoms with van der Waals surface area (Å²) in [6, 6.07) is 0. The number of aromatic nitrogens is 1. The van der Waals surface area contributed by atoms with Crippen LogP contribution in [0.3, 0.4) is 0 Å². The summed E-state index contributed by atoms with van der Waals surface area (Å²) in [5, 5.41) is 28.5. The summed E-state index contributed by atoms with van der Waals surface area (Å²) in [6.45, 7) is 3.17.